The Kier molecular flexibility index (Phi) is 7.06. The molecule has 0 unspecified atom stereocenters. The van der Waals surface area contributed by atoms with Crippen LogP contribution in [0.5, 0.6) is 11.5 Å². The molecule has 9 heteroatoms. The van der Waals surface area contributed by atoms with E-state index in [0.717, 1.165) is 41.7 Å². The Morgan fingerprint density at radius 3 is 2.66 bits per heavy atom. The third kappa shape index (κ3) is 5.28. The lowest BCUT2D eigenvalue weighted by atomic mass is 9.96. The molecule has 0 bridgehead atoms. The lowest BCUT2D eigenvalue weighted by molar-refractivity contribution is -0.121. The molecule has 0 saturated carbocycles. The summed E-state index contributed by atoms with van der Waals surface area (Å²) in [4.78, 5) is 19.4. The van der Waals surface area contributed by atoms with Crippen LogP contribution in [0.3, 0.4) is 0 Å². The van der Waals surface area contributed by atoms with E-state index in [9.17, 15) is 4.79 Å². The quantitative estimate of drug-likeness (QED) is 0.515. The van der Waals surface area contributed by atoms with E-state index in [1.165, 1.54) is 0 Å². The maximum absolute atomic E-state index is 12.6. The average molecular weight is 501 g/mol. The Morgan fingerprint density at radius 2 is 1.94 bits per heavy atom. The summed E-state index contributed by atoms with van der Waals surface area (Å²) >= 11 is 3.43. The summed E-state index contributed by atoms with van der Waals surface area (Å²) in [5, 5.41) is 7.11. The van der Waals surface area contributed by atoms with Crippen LogP contribution in [0.1, 0.15) is 18.7 Å². The van der Waals surface area contributed by atoms with Crippen LogP contribution in [0.25, 0.3) is 11.4 Å². The maximum Gasteiger partial charge on any atom is 0.241 e. The van der Waals surface area contributed by atoms with Crippen molar-refractivity contribution in [3.63, 3.8) is 0 Å². The van der Waals surface area contributed by atoms with Gasteiger partial charge in [0.2, 0.25) is 17.6 Å². The highest BCUT2D eigenvalue weighted by Gasteiger charge is 2.26. The number of carbonyl (C=O) groups is 1. The number of anilines is 1. The monoisotopic (exact) mass is 500 g/mol. The van der Waals surface area contributed by atoms with Crippen molar-refractivity contribution < 1.29 is 18.8 Å². The molecule has 8 nitrogen and oxygen atoms in total. The van der Waals surface area contributed by atoms with Crippen LogP contribution >= 0.6 is 15.9 Å². The van der Waals surface area contributed by atoms with Gasteiger partial charge in [0.1, 0.15) is 0 Å². The number of hydrogen-bond acceptors (Lipinski definition) is 7. The minimum atomic E-state index is -0.00441. The molecule has 0 spiro atoms. The molecule has 1 N–H and O–H groups in total. The highest BCUT2D eigenvalue weighted by atomic mass is 79.9. The summed E-state index contributed by atoms with van der Waals surface area (Å²) in [6.45, 7) is 2.15. The first-order valence-corrected chi connectivity index (χ1v) is 11.2. The van der Waals surface area contributed by atoms with E-state index in [-0.39, 0.29) is 11.8 Å². The van der Waals surface area contributed by atoms with Gasteiger partial charge in [0.25, 0.3) is 0 Å². The van der Waals surface area contributed by atoms with E-state index in [1.807, 2.05) is 42.5 Å². The number of nitrogens with zero attached hydrogens (tertiary/aromatic N) is 3. The number of halogens is 1. The molecule has 2 aromatic carbocycles. The van der Waals surface area contributed by atoms with Gasteiger partial charge in [-0.05, 0) is 62.3 Å². The fourth-order valence-electron chi connectivity index (χ4n) is 3.77. The lowest BCUT2D eigenvalue weighted by Gasteiger charge is -2.30. The van der Waals surface area contributed by atoms with Gasteiger partial charge >= 0.3 is 0 Å². The highest BCUT2D eigenvalue weighted by Crippen LogP contribution is 2.31. The van der Waals surface area contributed by atoms with E-state index >= 15 is 0 Å². The number of ether oxygens (including phenoxy) is 2. The van der Waals surface area contributed by atoms with Crippen molar-refractivity contribution >= 4 is 27.5 Å². The number of aromatic nitrogens is 2. The van der Waals surface area contributed by atoms with Crippen LogP contribution in [-0.2, 0) is 11.3 Å². The number of rotatable bonds is 7. The number of piperidine rings is 1. The van der Waals surface area contributed by atoms with Crippen LogP contribution in [0, 0.1) is 5.92 Å². The second kappa shape index (κ2) is 10.1. The number of benzene rings is 2. The number of hydrogen-bond donors (Lipinski definition) is 1. The summed E-state index contributed by atoms with van der Waals surface area (Å²) in [7, 11) is 3.18. The van der Waals surface area contributed by atoms with Crippen molar-refractivity contribution in [2.45, 2.75) is 19.4 Å². The van der Waals surface area contributed by atoms with E-state index in [0.29, 0.717) is 29.8 Å². The second-order valence-corrected chi connectivity index (χ2v) is 8.55. The van der Waals surface area contributed by atoms with Gasteiger partial charge in [-0.1, -0.05) is 27.2 Å². The molecule has 168 valence electrons. The topological polar surface area (TPSA) is 89.7 Å². The van der Waals surface area contributed by atoms with Gasteiger partial charge in [0.05, 0.1) is 20.8 Å². The highest BCUT2D eigenvalue weighted by molar-refractivity contribution is 9.10. The predicted octanol–water partition coefficient (Wildman–Crippen LogP) is 4.37. The molecule has 1 aliphatic heterocycles. The van der Waals surface area contributed by atoms with Gasteiger partial charge in [0.15, 0.2) is 11.5 Å². The number of amides is 1. The zero-order valence-corrected chi connectivity index (χ0v) is 19.6. The number of carbonyl (C=O) groups excluding carboxylic acids is 1. The van der Waals surface area contributed by atoms with Crippen molar-refractivity contribution in [1.82, 2.24) is 15.0 Å². The number of likely N-dealkylation sites (tertiary alicyclic amines) is 1. The number of methoxy groups -OCH3 is 2. The Balaban J connectivity index is 1.31. The van der Waals surface area contributed by atoms with E-state index in [2.05, 4.69) is 36.3 Å². The van der Waals surface area contributed by atoms with Crippen LogP contribution in [0.2, 0.25) is 0 Å². The SMILES string of the molecule is COc1ccc(-c2noc(CN3CCC(C(=O)Nc4cccc(Br)c4)CC3)n2)cc1OC. The van der Waals surface area contributed by atoms with Gasteiger partial charge < -0.3 is 19.3 Å². The van der Waals surface area contributed by atoms with Gasteiger partial charge in [0, 0.05) is 21.6 Å². The largest absolute Gasteiger partial charge is 0.493 e. The second-order valence-electron chi connectivity index (χ2n) is 7.63. The van der Waals surface area contributed by atoms with Gasteiger partial charge in [-0.2, -0.15) is 4.98 Å². The molecule has 1 amide bonds. The molecule has 1 saturated heterocycles. The van der Waals surface area contributed by atoms with Crippen LogP contribution in [0.4, 0.5) is 5.69 Å². The standard InChI is InChI=1S/C23H25BrN4O4/c1-30-19-7-6-16(12-20(19)31-2)22-26-21(32-27-22)14-28-10-8-15(9-11-28)23(29)25-18-5-3-4-17(24)13-18/h3-7,12-13,15H,8-11,14H2,1-2H3,(H,25,29). The molecule has 0 atom stereocenters. The minimum absolute atomic E-state index is 0.00441. The fraction of sp³-hybridized carbons (Fsp3) is 0.348. The molecule has 0 radical (unpaired) electrons. The third-order valence-electron chi connectivity index (χ3n) is 5.52. The van der Waals surface area contributed by atoms with Crippen molar-refractivity contribution in [1.29, 1.82) is 0 Å². The van der Waals surface area contributed by atoms with Crippen molar-refractivity contribution in [3.8, 4) is 22.9 Å². The summed E-state index contributed by atoms with van der Waals surface area (Å²) in [6.07, 6.45) is 1.58. The minimum Gasteiger partial charge on any atom is -0.493 e. The molecular weight excluding hydrogens is 476 g/mol. The maximum atomic E-state index is 12.6. The Labute approximate surface area is 195 Å². The molecule has 4 rings (SSSR count). The summed E-state index contributed by atoms with van der Waals surface area (Å²) in [5.41, 5.74) is 1.60. The average Bonchev–Trinajstić information content (AvgIpc) is 3.27. The van der Waals surface area contributed by atoms with E-state index in [4.69, 9.17) is 14.0 Å². The number of nitrogens with one attached hydrogen (secondary N) is 1. The van der Waals surface area contributed by atoms with Gasteiger partial charge in [-0.3, -0.25) is 9.69 Å². The Bertz CT molecular complexity index is 1080. The molecule has 0 aliphatic carbocycles. The molecule has 2 heterocycles. The molecule has 1 fully saturated rings. The zero-order chi connectivity index (χ0) is 22.5. The first kappa shape index (κ1) is 22.3. The molecule has 1 aromatic heterocycles. The summed E-state index contributed by atoms with van der Waals surface area (Å²) < 4.78 is 17.0. The van der Waals surface area contributed by atoms with Crippen molar-refractivity contribution in [2.24, 2.45) is 5.92 Å². The van der Waals surface area contributed by atoms with Crippen LogP contribution < -0.4 is 14.8 Å². The summed E-state index contributed by atoms with van der Waals surface area (Å²) in [6, 6.07) is 13.1. The van der Waals surface area contributed by atoms with E-state index in [1.54, 1.807) is 14.2 Å². The van der Waals surface area contributed by atoms with Crippen LogP contribution in [-0.4, -0.2) is 48.3 Å². The molecule has 1 aliphatic rings. The zero-order valence-electron chi connectivity index (χ0n) is 18.0. The Morgan fingerprint density at radius 1 is 1.16 bits per heavy atom. The van der Waals surface area contributed by atoms with Gasteiger partial charge in [-0.25, -0.2) is 0 Å². The summed E-state index contributed by atoms with van der Waals surface area (Å²) in [5.74, 6) is 2.37. The first-order chi connectivity index (χ1) is 15.6. The molecule has 3 aromatic rings. The van der Waals surface area contributed by atoms with Crippen molar-refractivity contribution in [3.05, 3.63) is 52.8 Å². The lowest BCUT2D eigenvalue weighted by Crippen LogP contribution is -2.37. The van der Waals surface area contributed by atoms with Gasteiger partial charge in [-0.15, -0.1) is 0 Å². The smallest absolute Gasteiger partial charge is 0.241 e. The molecule has 32 heavy (non-hydrogen) atoms. The molecular formula is C23H25BrN4O4. The Hall–Kier alpha value is -2.91. The van der Waals surface area contributed by atoms with E-state index < -0.39 is 0 Å². The third-order valence-corrected chi connectivity index (χ3v) is 6.01. The fourth-order valence-corrected chi connectivity index (χ4v) is 4.17. The normalized spacial score (nSPS) is 14.8. The first-order valence-electron chi connectivity index (χ1n) is 10.4. The predicted molar refractivity (Wildman–Crippen MR) is 124 cm³/mol. The van der Waals surface area contributed by atoms with Crippen LogP contribution in [0.15, 0.2) is 51.5 Å². The van der Waals surface area contributed by atoms with Crippen molar-refractivity contribution in [2.75, 3.05) is 32.6 Å².